The van der Waals surface area contributed by atoms with Gasteiger partial charge in [-0.3, -0.25) is 4.99 Å². The summed E-state index contributed by atoms with van der Waals surface area (Å²) in [6.07, 6.45) is 7.02. The fourth-order valence-corrected chi connectivity index (χ4v) is 5.30. The summed E-state index contributed by atoms with van der Waals surface area (Å²) in [4.78, 5) is 19.8. The number of rotatable bonds is 5. The van der Waals surface area contributed by atoms with Crippen LogP contribution in [0, 0.1) is 0 Å². The molecule has 1 unspecified atom stereocenters. The van der Waals surface area contributed by atoms with Crippen LogP contribution in [0.15, 0.2) is 23.3 Å². The Morgan fingerprint density at radius 1 is 1.39 bits per heavy atom. The van der Waals surface area contributed by atoms with Crippen LogP contribution in [0.5, 0.6) is 0 Å². The average Bonchev–Trinajstić information content (AvgIpc) is 3.16. The Morgan fingerprint density at radius 3 is 3.00 bits per heavy atom. The molecule has 2 aliphatic rings. The number of morpholine rings is 1. The third-order valence-electron chi connectivity index (χ3n) is 5.66. The second-order valence-corrected chi connectivity index (χ2v) is 9.26. The number of thiazole rings is 1. The molecule has 4 rings (SSSR count). The number of anilines is 1. The number of pyridine rings is 1. The molecule has 7 nitrogen and oxygen atoms in total. The molecule has 1 N–H and O–H groups in total. The van der Waals surface area contributed by atoms with Crippen LogP contribution in [0.2, 0.25) is 0 Å². The molecule has 0 aromatic carbocycles. The van der Waals surface area contributed by atoms with E-state index in [1.165, 1.54) is 40.4 Å². The maximum absolute atomic E-state index is 5.65. The molecule has 31 heavy (non-hydrogen) atoms. The summed E-state index contributed by atoms with van der Waals surface area (Å²) < 4.78 is 5.65. The molecular weight excluding hydrogens is 523 g/mol. The first-order chi connectivity index (χ1) is 14.6. The zero-order valence-corrected chi connectivity index (χ0v) is 21.8. The summed E-state index contributed by atoms with van der Waals surface area (Å²) in [6, 6.07) is 4.22. The SMILES string of the molecule is CN=C(NCc1ccnc(N2CCOC(C)C2)c1)N(C)Cc1nc2c(s1)CCCC2.I. The minimum Gasteiger partial charge on any atom is -0.375 e. The minimum absolute atomic E-state index is 0. The lowest BCUT2D eigenvalue weighted by Gasteiger charge is -2.32. The lowest BCUT2D eigenvalue weighted by molar-refractivity contribution is 0.0529. The quantitative estimate of drug-likeness (QED) is 0.346. The lowest BCUT2D eigenvalue weighted by atomic mass is 10.0. The predicted molar refractivity (Wildman–Crippen MR) is 138 cm³/mol. The molecule has 0 bridgehead atoms. The van der Waals surface area contributed by atoms with Crippen molar-refractivity contribution in [2.45, 2.75) is 51.8 Å². The Labute approximate surface area is 206 Å². The number of aryl methyl sites for hydroxylation is 2. The monoisotopic (exact) mass is 556 g/mol. The van der Waals surface area contributed by atoms with E-state index in [2.05, 4.69) is 51.2 Å². The second kappa shape index (κ2) is 11.4. The van der Waals surface area contributed by atoms with Crippen molar-refractivity contribution in [3.8, 4) is 0 Å². The minimum atomic E-state index is 0. The number of guanidine groups is 1. The molecular formula is C22H33IN6OS. The zero-order chi connectivity index (χ0) is 20.9. The van der Waals surface area contributed by atoms with Gasteiger partial charge in [0, 0.05) is 44.8 Å². The third kappa shape index (κ3) is 6.29. The molecule has 170 valence electrons. The molecule has 0 amide bonds. The van der Waals surface area contributed by atoms with Crippen molar-refractivity contribution in [1.82, 2.24) is 20.2 Å². The second-order valence-electron chi connectivity index (χ2n) is 8.09. The Morgan fingerprint density at radius 2 is 2.23 bits per heavy atom. The number of aromatic nitrogens is 2. The van der Waals surface area contributed by atoms with Crippen LogP contribution in [0.1, 0.15) is 40.9 Å². The van der Waals surface area contributed by atoms with Crippen molar-refractivity contribution < 1.29 is 4.74 Å². The molecule has 1 aliphatic heterocycles. The molecule has 0 spiro atoms. The van der Waals surface area contributed by atoms with Gasteiger partial charge in [0.15, 0.2) is 5.96 Å². The highest BCUT2D eigenvalue weighted by molar-refractivity contribution is 14.0. The number of hydrogen-bond acceptors (Lipinski definition) is 6. The van der Waals surface area contributed by atoms with E-state index < -0.39 is 0 Å². The van der Waals surface area contributed by atoms with Crippen LogP contribution in [0.4, 0.5) is 5.82 Å². The molecule has 0 radical (unpaired) electrons. The number of aliphatic imine (C=N–C) groups is 1. The van der Waals surface area contributed by atoms with Gasteiger partial charge in [-0.25, -0.2) is 9.97 Å². The largest absolute Gasteiger partial charge is 0.375 e. The summed E-state index contributed by atoms with van der Waals surface area (Å²) in [5.74, 6) is 1.89. The van der Waals surface area contributed by atoms with Crippen LogP contribution in [-0.4, -0.2) is 60.7 Å². The van der Waals surface area contributed by atoms with Crippen molar-refractivity contribution in [1.29, 1.82) is 0 Å². The van der Waals surface area contributed by atoms with Crippen LogP contribution >= 0.6 is 35.3 Å². The van der Waals surface area contributed by atoms with Gasteiger partial charge in [0.25, 0.3) is 0 Å². The van der Waals surface area contributed by atoms with Crippen LogP contribution in [-0.2, 0) is 30.7 Å². The highest BCUT2D eigenvalue weighted by Gasteiger charge is 2.19. The van der Waals surface area contributed by atoms with Crippen LogP contribution < -0.4 is 10.2 Å². The molecule has 1 atom stereocenters. The topological polar surface area (TPSA) is 65.9 Å². The van der Waals surface area contributed by atoms with Gasteiger partial charge in [0.1, 0.15) is 10.8 Å². The summed E-state index contributed by atoms with van der Waals surface area (Å²) in [5.41, 5.74) is 2.51. The highest BCUT2D eigenvalue weighted by atomic mass is 127. The van der Waals surface area contributed by atoms with E-state index in [1.54, 1.807) is 0 Å². The Kier molecular flexibility index (Phi) is 8.91. The lowest BCUT2D eigenvalue weighted by Crippen LogP contribution is -2.41. The fourth-order valence-electron chi connectivity index (χ4n) is 4.09. The van der Waals surface area contributed by atoms with E-state index in [-0.39, 0.29) is 30.1 Å². The Balaban J connectivity index is 0.00000272. The first-order valence-corrected chi connectivity index (χ1v) is 11.6. The van der Waals surface area contributed by atoms with Gasteiger partial charge in [-0.2, -0.15) is 0 Å². The van der Waals surface area contributed by atoms with Crippen molar-refractivity contribution in [3.63, 3.8) is 0 Å². The van der Waals surface area contributed by atoms with E-state index in [9.17, 15) is 0 Å². The maximum Gasteiger partial charge on any atom is 0.194 e. The molecule has 2 aromatic rings. The van der Waals surface area contributed by atoms with Crippen molar-refractivity contribution in [2.75, 3.05) is 38.7 Å². The molecule has 9 heteroatoms. The van der Waals surface area contributed by atoms with Gasteiger partial charge < -0.3 is 19.9 Å². The van der Waals surface area contributed by atoms with Gasteiger partial charge in [-0.05, 0) is 50.3 Å². The number of halogens is 1. The fraction of sp³-hybridized carbons (Fsp3) is 0.591. The first-order valence-electron chi connectivity index (χ1n) is 10.8. The summed E-state index contributed by atoms with van der Waals surface area (Å²) in [7, 11) is 3.90. The van der Waals surface area contributed by atoms with Gasteiger partial charge in [0.05, 0.1) is 24.9 Å². The summed E-state index contributed by atoms with van der Waals surface area (Å²) in [5, 5.41) is 4.67. The van der Waals surface area contributed by atoms with Gasteiger partial charge in [-0.15, -0.1) is 35.3 Å². The van der Waals surface area contributed by atoms with Crippen molar-refractivity contribution in [2.24, 2.45) is 4.99 Å². The average molecular weight is 557 g/mol. The van der Waals surface area contributed by atoms with Crippen molar-refractivity contribution >= 4 is 47.1 Å². The molecule has 2 aromatic heterocycles. The number of nitrogens with zero attached hydrogens (tertiary/aromatic N) is 5. The van der Waals surface area contributed by atoms with Crippen molar-refractivity contribution in [3.05, 3.63) is 39.5 Å². The van der Waals surface area contributed by atoms with E-state index in [0.717, 1.165) is 44.4 Å². The zero-order valence-electron chi connectivity index (χ0n) is 18.6. The number of nitrogens with one attached hydrogen (secondary N) is 1. The molecule has 1 aliphatic carbocycles. The van der Waals surface area contributed by atoms with Gasteiger partial charge >= 0.3 is 0 Å². The molecule has 1 saturated heterocycles. The van der Waals surface area contributed by atoms with Crippen LogP contribution in [0.3, 0.4) is 0 Å². The molecule has 1 fully saturated rings. The molecule has 0 saturated carbocycles. The molecule has 3 heterocycles. The number of ether oxygens (including phenoxy) is 1. The Bertz CT molecular complexity index is 865. The summed E-state index contributed by atoms with van der Waals surface area (Å²) in [6.45, 7) is 6.12. The standard InChI is InChI=1S/C22H32N6OS.HI/c1-16-14-28(10-11-29-16)20-12-17(8-9-24-20)13-25-22(23-2)27(3)15-21-26-18-6-4-5-7-19(18)30-21;/h8-9,12,16H,4-7,10-11,13-15H2,1-3H3,(H,23,25);1H. The van der Waals surface area contributed by atoms with Gasteiger partial charge in [-0.1, -0.05) is 0 Å². The van der Waals surface area contributed by atoms with Gasteiger partial charge in [0.2, 0.25) is 0 Å². The van der Waals surface area contributed by atoms with E-state index in [1.807, 2.05) is 24.6 Å². The summed E-state index contributed by atoms with van der Waals surface area (Å²) >= 11 is 1.86. The number of hydrogen-bond donors (Lipinski definition) is 1. The normalized spacial score (nSPS) is 18.9. The smallest absolute Gasteiger partial charge is 0.194 e. The van der Waals surface area contributed by atoms with Crippen LogP contribution in [0.25, 0.3) is 0 Å². The third-order valence-corrected chi connectivity index (χ3v) is 6.80. The Hall–Kier alpha value is -1.46. The first kappa shape index (κ1) is 24.2. The number of fused-ring (bicyclic) bond motifs is 1. The maximum atomic E-state index is 5.65. The van der Waals surface area contributed by atoms with E-state index >= 15 is 0 Å². The van der Waals surface area contributed by atoms with E-state index in [0.29, 0.717) is 6.54 Å². The highest BCUT2D eigenvalue weighted by Crippen LogP contribution is 2.27. The predicted octanol–water partition coefficient (Wildman–Crippen LogP) is 3.47. The van der Waals surface area contributed by atoms with E-state index in [4.69, 9.17) is 9.72 Å².